The monoisotopic (exact) mass is 610 g/mol. The van der Waals surface area contributed by atoms with Crippen molar-refractivity contribution in [2.75, 3.05) is 24.6 Å². The van der Waals surface area contributed by atoms with Gasteiger partial charge in [0.05, 0.1) is 20.1 Å². The number of amides is 2. The van der Waals surface area contributed by atoms with E-state index < -0.39 is 11.8 Å². The highest BCUT2D eigenvalue weighted by molar-refractivity contribution is 8.76. The summed E-state index contributed by atoms with van der Waals surface area (Å²) in [5.41, 5.74) is 1.28. The molecule has 2 aromatic carbocycles. The largest absolute Gasteiger partial charge is 0.410 e. The van der Waals surface area contributed by atoms with Gasteiger partial charge in [0, 0.05) is 37.4 Å². The van der Waals surface area contributed by atoms with Gasteiger partial charge in [-0.05, 0) is 35.4 Å². The van der Waals surface area contributed by atoms with Crippen molar-refractivity contribution in [2.24, 2.45) is 10.3 Å². The molecule has 0 fully saturated rings. The zero-order valence-corrected chi connectivity index (χ0v) is 23.3. The number of nitrogens with one attached hydrogen (secondary N) is 2. The highest BCUT2D eigenvalue weighted by atomic mass is 35.5. The molecule has 0 spiro atoms. The van der Waals surface area contributed by atoms with Gasteiger partial charge in [-0.15, -0.1) is 0 Å². The minimum atomic E-state index is -0.487. The molecule has 0 aliphatic rings. The van der Waals surface area contributed by atoms with E-state index in [4.69, 9.17) is 46.4 Å². The van der Waals surface area contributed by atoms with Crippen LogP contribution in [0, 0.1) is 0 Å². The first-order valence-electron chi connectivity index (χ1n) is 10.4. The molecule has 14 heteroatoms. The fourth-order valence-corrected chi connectivity index (χ4v) is 5.20. The maximum absolute atomic E-state index is 12.2. The first-order valence-corrected chi connectivity index (χ1v) is 14.4. The predicted octanol–water partition coefficient (Wildman–Crippen LogP) is 5.36. The van der Waals surface area contributed by atoms with Crippen molar-refractivity contribution in [1.82, 2.24) is 10.6 Å². The Bertz CT molecular complexity index is 1050. The topological polar surface area (TPSA) is 123 Å². The molecule has 0 heterocycles. The lowest BCUT2D eigenvalue weighted by molar-refractivity contribution is -0.115. The molecule has 2 amide bonds. The molecule has 2 aromatic rings. The number of hydrogen-bond donors (Lipinski definition) is 4. The Morgan fingerprint density at radius 3 is 1.42 bits per heavy atom. The summed E-state index contributed by atoms with van der Waals surface area (Å²) >= 11 is 23.7. The number of carbonyl (C=O) groups is 2. The lowest BCUT2D eigenvalue weighted by Gasteiger charge is -2.08. The van der Waals surface area contributed by atoms with Gasteiger partial charge < -0.3 is 21.0 Å². The van der Waals surface area contributed by atoms with Crippen LogP contribution in [0.5, 0.6) is 0 Å². The highest BCUT2D eigenvalue weighted by Gasteiger charge is 2.15. The number of oxime groups is 2. The van der Waals surface area contributed by atoms with Gasteiger partial charge in [-0.25, -0.2) is 0 Å². The third-order valence-electron chi connectivity index (χ3n) is 4.50. The average Bonchev–Trinajstić information content (AvgIpc) is 2.86. The zero-order valence-electron chi connectivity index (χ0n) is 18.6. The van der Waals surface area contributed by atoms with Crippen molar-refractivity contribution < 1.29 is 20.0 Å². The third kappa shape index (κ3) is 10.3. The molecule has 0 atom stereocenters. The third-order valence-corrected chi connectivity index (χ3v) is 8.39. The number of nitrogens with zero attached hydrogens (tertiary/aromatic N) is 2. The van der Waals surface area contributed by atoms with Gasteiger partial charge in [0.15, 0.2) is 0 Å². The molecule has 194 valence electrons. The standard InChI is InChI=1S/C22H22Cl4N4O4S2/c23-15-3-1-13(9-17(15)25)11-19(29-33)21(31)27-5-7-35-36-8-6-28-22(32)20(30-34)12-14-2-4-16(24)18(26)10-14/h1-4,9-10,33-34H,5-8,11-12H2,(H,27,31)(H,28,32)/b29-19-,30-20+. The van der Waals surface area contributed by atoms with Crippen molar-refractivity contribution >= 4 is 91.2 Å². The first-order chi connectivity index (χ1) is 17.2. The fraction of sp³-hybridized carbons (Fsp3) is 0.273. The van der Waals surface area contributed by atoms with Crippen LogP contribution >= 0.6 is 68.0 Å². The first kappa shape index (κ1) is 30.4. The second kappa shape index (κ2) is 16.1. The van der Waals surface area contributed by atoms with Crippen LogP contribution in [0.2, 0.25) is 20.1 Å². The Labute approximate surface area is 236 Å². The number of benzene rings is 2. The van der Waals surface area contributed by atoms with Gasteiger partial charge in [0.1, 0.15) is 11.4 Å². The number of halogens is 4. The van der Waals surface area contributed by atoms with Crippen LogP contribution in [-0.2, 0) is 22.4 Å². The number of carbonyl (C=O) groups excluding carboxylic acids is 2. The van der Waals surface area contributed by atoms with E-state index in [0.29, 0.717) is 55.8 Å². The van der Waals surface area contributed by atoms with Crippen molar-refractivity contribution in [3.8, 4) is 0 Å². The molecule has 0 bridgehead atoms. The van der Waals surface area contributed by atoms with E-state index >= 15 is 0 Å². The predicted molar refractivity (Wildman–Crippen MR) is 150 cm³/mol. The van der Waals surface area contributed by atoms with E-state index in [1.165, 1.54) is 21.6 Å². The van der Waals surface area contributed by atoms with Crippen LogP contribution in [0.25, 0.3) is 0 Å². The Hall–Kier alpha value is -1.82. The second-order valence-corrected chi connectivity index (χ2v) is 11.4. The lowest BCUT2D eigenvalue weighted by Crippen LogP contribution is -2.34. The molecule has 0 radical (unpaired) electrons. The highest BCUT2D eigenvalue weighted by Crippen LogP contribution is 2.24. The molecular weight excluding hydrogens is 590 g/mol. The maximum atomic E-state index is 12.2. The lowest BCUT2D eigenvalue weighted by atomic mass is 10.1. The SMILES string of the molecule is O=C(NCCSSCCNC(=O)/C(Cc1ccc(Cl)c(Cl)c1)=N/O)/C(Cc1ccc(Cl)c(Cl)c1)=N\O. The van der Waals surface area contributed by atoms with E-state index in [0.717, 1.165) is 0 Å². The van der Waals surface area contributed by atoms with Crippen molar-refractivity contribution in [2.45, 2.75) is 12.8 Å². The number of hydrogen-bond acceptors (Lipinski definition) is 8. The molecule has 36 heavy (non-hydrogen) atoms. The average molecular weight is 612 g/mol. The summed E-state index contributed by atoms with van der Waals surface area (Å²) in [6.07, 6.45) is 0.204. The Morgan fingerprint density at radius 1 is 0.694 bits per heavy atom. The summed E-state index contributed by atoms with van der Waals surface area (Å²) in [4.78, 5) is 24.5. The summed E-state index contributed by atoms with van der Waals surface area (Å²) in [6, 6.07) is 9.82. The van der Waals surface area contributed by atoms with Crippen molar-refractivity contribution in [3.05, 3.63) is 67.6 Å². The van der Waals surface area contributed by atoms with E-state index in [1.807, 2.05) is 0 Å². The summed E-state index contributed by atoms with van der Waals surface area (Å²) < 4.78 is 0. The van der Waals surface area contributed by atoms with Crippen molar-refractivity contribution in [1.29, 1.82) is 0 Å². The zero-order chi connectivity index (χ0) is 26.5. The van der Waals surface area contributed by atoms with Crippen molar-refractivity contribution in [3.63, 3.8) is 0 Å². The van der Waals surface area contributed by atoms with Crippen LogP contribution in [0.3, 0.4) is 0 Å². The fourth-order valence-electron chi connectivity index (χ4n) is 2.74. The molecule has 4 N–H and O–H groups in total. The maximum Gasteiger partial charge on any atom is 0.269 e. The molecule has 0 unspecified atom stereocenters. The summed E-state index contributed by atoms with van der Waals surface area (Å²) in [5, 5.41) is 31.4. The molecule has 0 saturated heterocycles. The van der Waals surface area contributed by atoms with Gasteiger partial charge in [-0.2, -0.15) is 0 Å². The Balaban J connectivity index is 1.62. The van der Waals surface area contributed by atoms with Crippen LogP contribution in [0.1, 0.15) is 11.1 Å². The normalized spacial score (nSPS) is 11.9. The van der Waals surface area contributed by atoms with E-state index in [2.05, 4.69) is 20.9 Å². The molecule has 8 nitrogen and oxygen atoms in total. The number of rotatable bonds is 13. The smallest absolute Gasteiger partial charge is 0.269 e. The van der Waals surface area contributed by atoms with Gasteiger partial charge in [0.25, 0.3) is 11.8 Å². The Kier molecular flexibility index (Phi) is 13.6. The molecule has 0 aromatic heterocycles. The second-order valence-electron chi connectivity index (χ2n) is 7.10. The van der Waals surface area contributed by atoms with E-state index in [-0.39, 0.29) is 24.3 Å². The molecular formula is C22H22Cl4N4O4S2. The summed E-state index contributed by atoms with van der Waals surface area (Å²) in [7, 11) is 3.01. The van der Waals surface area contributed by atoms with Crippen LogP contribution in [-0.4, -0.2) is 58.2 Å². The minimum Gasteiger partial charge on any atom is -0.410 e. The van der Waals surface area contributed by atoms with Crippen LogP contribution < -0.4 is 10.6 Å². The van der Waals surface area contributed by atoms with Gasteiger partial charge in [0.2, 0.25) is 0 Å². The van der Waals surface area contributed by atoms with Gasteiger partial charge in [-0.3, -0.25) is 9.59 Å². The molecule has 2 rings (SSSR count). The van der Waals surface area contributed by atoms with Gasteiger partial charge in [-0.1, -0.05) is 90.4 Å². The molecule has 0 aliphatic heterocycles. The van der Waals surface area contributed by atoms with E-state index in [1.54, 1.807) is 36.4 Å². The van der Waals surface area contributed by atoms with Crippen LogP contribution in [0.4, 0.5) is 0 Å². The quantitative estimate of drug-likeness (QED) is 0.0795. The van der Waals surface area contributed by atoms with Gasteiger partial charge >= 0.3 is 0 Å². The Morgan fingerprint density at radius 2 is 1.08 bits per heavy atom. The van der Waals surface area contributed by atoms with E-state index in [9.17, 15) is 20.0 Å². The summed E-state index contributed by atoms with van der Waals surface area (Å²) in [6.45, 7) is 0.711. The molecule has 0 aliphatic carbocycles. The molecule has 0 saturated carbocycles. The van der Waals surface area contributed by atoms with Crippen LogP contribution in [0.15, 0.2) is 46.7 Å². The summed E-state index contributed by atoms with van der Waals surface area (Å²) in [5.74, 6) is 0.214. The minimum absolute atomic E-state index is 0.0454.